The van der Waals surface area contributed by atoms with Crippen LogP contribution in [0.4, 0.5) is 18.9 Å². The zero-order chi connectivity index (χ0) is 20.9. The van der Waals surface area contributed by atoms with E-state index in [-0.39, 0.29) is 18.2 Å². The highest BCUT2D eigenvalue weighted by Gasteiger charge is 2.30. The molecule has 0 aliphatic heterocycles. The van der Waals surface area contributed by atoms with Gasteiger partial charge in [-0.25, -0.2) is 4.68 Å². The summed E-state index contributed by atoms with van der Waals surface area (Å²) in [6, 6.07) is 12.9. The normalized spacial score (nSPS) is 11.2. The van der Waals surface area contributed by atoms with Crippen LogP contribution in [0.25, 0.3) is 0 Å². The molecule has 0 bridgehead atoms. The van der Waals surface area contributed by atoms with Crippen molar-refractivity contribution < 1.29 is 27.4 Å². The molecule has 6 nitrogen and oxygen atoms in total. The van der Waals surface area contributed by atoms with Gasteiger partial charge in [-0.15, -0.1) is 0 Å². The number of alkyl halides is 3. The van der Waals surface area contributed by atoms with Crippen molar-refractivity contribution in [3.63, 3.8) is 0 Å². The molecular weight excluding hydrogens is 387 g/mol. The minimum Gasteiger partial charge on any atom is -0.494 e. The summed E-state index contributed by atoms with van der Waals surface area (Å²) >= 11 is 0. The number of aromatic nitrogens is 2. The molecule has 1 aromatic heterocycles. The average molecular weight is 405 g/mol. The molecule has 3 aromatic rings. The maximum absolute atomic E-state index is 12.7. The summed E-state index contributed by atoms with van der Waals surface area (Å²) in [7, 11) is 0. The van der Waals surface area contributed by atoms with Crippen LogP contribution in [0.1, 0.15) is 23.0 Å². The van der Waals surface area contributed by atoms with Crippen molar-refractivity contribution >= 4 is 11.6 Å². The van der Waals surface area contributed by atoms with Gasteiger partial charge in [0.1, 0.15) is 11.5 Å². The monoisotopic (exact) mass is 405 g/mol. The van der Waals surface area contributed by atoms with Gasteiger partial charge < -0.3 is 14.8 Å². The predicted molar refractivity (Wildman–Crippen MR) is 99.9 cm³/mol. The number of ether oxygens (including phenoxy) is 2. The second-order valence-electron chi connectivity index (χ2n) is 5.95. The van der Waals surface area contributed by atoms with Gasteiger partial charge in [-0.2, -0.15) is 18.3 Å². The third-order valence-corrected chi connectivity index (χ3v) is 3.82. The molecule has 0 aliphatic carbocycles. The second-order valence-corrected chi connectivity index (χ2v) is 5.95. The predicted octanol–water partition coefficient (Wildman–Crippen LogP) is 4.59. The molecule has 1 N–H and O–H groups in total. The van der Waals surface area contributed by atoms with Gasteiger partial charge >= 0.3 is 6.18 Å². The van der Waals surface area contributed by atoms with Gasteiger partial charge in [0.05, 0.1) is 12.2 Å². The Kier molecular flexibility index (Phi) is 6.06. The van der Waals surface area contributed by atoms with E-state index >= 15 is 0 Å². The van der Waals surface area contributed by atoms with Gasteiger partial charge in [0, 0.05) is 11.9 Å². The Morgan fingerprint density at radius 1 is 1.07 bits per heavy atom. The van der Waals surface area contributed by atoms with Gasteiger partial charge in [0.15, 0.2) is 12.4 Å². The first-order chi connectivity index (χ1) is 13.8. The minimum atomic E-state index is -4.45. The number of anilines is 1. The first-order valence-corrected chi connectivity index (χ1v) is 8.73. The van der Waals surface area contributed by atoms with Gasteiger partial charge in [0.2, 0.25) is 0 Å². The number of halogens is 3. The van der Waals surface area contributed by atoms with Crippen LogP contribution in [0.15, 0.2) is 60.8 Å². The van der Waals surface area contributed by atoms with E-state index in [1.165, 1.54) is 29.1 Å². The second kappa shape index (κ2) is 8.68. The van der Waals surface area contributed by atoms with Gasteiger partial charge in [-0.1, -0.05) is 6.07 Å². The minimum absolute atomic E-state index is 0.0516. The van der Waals surface area contributed by atoms with E-state index in [4.69, 9.17) is 9.47 Å². The lowest BCUT2D eigenvalue weighted by Crippen LogP contribution is -2.14. The summed E-state index contributed by atoms with van der Waals surface area (Å²) in [6.45, 7) is 2.28. The molecule has 29 heavy (non-hydrogen) atoms. The van der Waals surface area contributed by atoms with Crippen molar-refractivity contribution in [2.75, 3.05) is 11.9 Å². The molecular formula is C20H18F3N3O3. The fourth-order valence-corrected chi connectivity index (χ4v) is 2.45. The molecule has 0 radical (unpaired) electrons. The number of rotatable bonds is 7. The van der Waals surface area contributed by atoms with Crippen LogP contribution >= 0.6 is 0 Å². The number of carbonyl (C=O) groups excluding carboxylic acids is 1. The molecule has 1 amide bonds. The van der Waals surface area contributed by atoms with E-state index in [2.05, 4.69) is 10.4 Å². The van der Waals surface area contributed by atoms with Crippen molar-refractivity contribution in [2.24, 2.45) is 0 Å². The highest BCUT2D eigenvalue weighted by atomic mass is 19.4. The van der Waals surface area contributed by atoms with E-state index in [9.17, 15) is 18.0 Å². The summed E-state index contributed by atoms with van der Waals surface area (Å²) in [4.78, 5) is 12.3. The summed E-state index contributed by atoms with van der Waals surface area (Å²) in [5.41, 5.74) is -0.0781. The first-order valence-electron chi connectivity index (χ1n) is 8.73. The van der Waals surface area contributed by atoms with Gasteiger partial charge in [0.25, 0.3) is 5.91 Å². The number of hydrogen-bond donors (Lipinski definition) is 1. The summed E-state index contributed by atoms with van der Waals surface area (Å²) in [5, 5.41) is 6.77. The van der Waals surface area contributed by atoms with Crippen LogP contribution in [0.2, 0.25) is 0 Å². The van der Waals surface area contributed by atoms with Crippen LogP contribution in [-0.4, -0.2) is 22.3 Å². The highest BCUT2D eigenvalue weighted by molar-refractivity contribution is 6.02. The third kappa shape index (κ3) is 5.50. The van der Waals surface area contributed by atoms with E-state index in [0.29, 0.717) is 18.0 Å². The summed E-state index contributed by atoms with van der Waals surface area (Å²) < 4.78 is 50.2. The number of carbonyl (C=O) groups is 1. The molecule has 0 saturated heterocycles. The highest BCUT2D eigenvalue weighted by Crippen LogP contribution is 2.31. The summed E-state index contributed by atoms with van der Waals surface area (Å²) in [5.74, 6) is 0.323. The van der Waals surface area contributed by atoms with Crippen molar-refractivity contribution in [1.29, 1.82) is 0 Å². The molecule has 9 heteroatoms. The SMILES string of the molecule is CCOc1ccc(NC(=O)c2ccn(COc3cccc(C(F)(F)F)c3)n2)cc1. The molecule has 3 rings (SSSR count). The zero-order valence-electron chi connectivity index (χ0n) is 15.4. The Morgan fingerprint density at radius 3 is 2.52 bits per heavy atom. The van der Waals surface area contributed by atoms with Crippen molar-refractivity contribution in [3.05, 3.63) is 72.1 Å². The van der Waals surface area contributed by atoms with E-state index in [1.54, 1.807) is 24.3 Å². The Hall–Kier alpha value is -3.49. The molecule has 152 valence electrons. The van der Waals surface area contributed by atoms with Crippen LogP contribution in [0.3, 0.4) is 0 Å². The molecule has 0 fully saturated rings. The Balaban J connectivity index is 1.58. The van der Waals surface area contributed by atoms with Crippen molar-refractivity contribution in [1.82, 2.24) is 9.78 Å². The molecule has 2 aromatic carbocycles. The Morgan fingerprint density at radius 2 is 1.83 bits per heavy atom. The van der Waals surface area contributed by atoms with Crippen LogP contribution in [0.5, 0.6) is 11.5 Å². The van der Waals surface area contributed by atoms with Crippen LogP contribution < -0.4 is 14.8 Å². The van der Waals surface area contributed by atoms with Crippen molar-refractivity contribution in [2.45, 2.75) is 19.8 Å². The van der Waals surface area contributed by atoms with Gasteiger partial charge in [-0.3, -0.25) is 4.79 Å². The fourth-order valence-electron chi connectivity index (χ4n) is 2.45. The molecule has 0 spiro atoms. The molecule has 0 unspecified atom stereocenters. The van der Waals surface area contributed by atoms with Crippen LogP contribution in [0, 0.1) is 0 Å². The third-order valence-electron chi connectivity index (χ3n) is 3.82. The van der Waals surface area contributed by atoms with E-state index in [1.807, 2.05) is 6.92 Å². The topological polar surface area (TPSA) is 65.4 Å². The number of hydrogen-bond acceptors (Lipinski definition) is 4. The first kappa shape index (κ1) is 20.2. The van der Waals surface area contributed by atoms with Gasteiger partial charge in [-0.05, 0) is 55.5 Å². The van der Waals surface area contributed by atoms with E-state index in [0.717, 1.165) is 12.1 Å². The molecule has 0 atom stereocenters. The Labute approximate surface area is 164 Å². The smallest absolute Gasteiger partial charge is 0.416 e. The molecule has 1 heterocycles. The van der Waals surface area contributed by atoms with Crippen molar-refractivity contribution in [3.8, 4) is 11.5 Å². The molecule has 0 saturated carbocycles. The fraction of sp³-hybridized carbons (Fsp3) is 0.200. The summed E-state index contributed by atoms with van der Waals surface area (Å²) in [6.07, 6.45) is -2.95. The lowest BCUT2D eigenvalue weighted by Gasteiger charge is -2.10. The largest absolute Gasteiger partial charge is 0.494 e. The Bertz CT molecular complexity index is 969. The lowest BCUT2D eigenvalue weighted by molar-refractivity contribution is -0.137. The number of amides is 1. The standard InChI is InChI=1S/C20H18F3N3O3/c1-2-28-16-8-6-15(7-9-16)24-19(27)18-10-11-26(25-18)13-29-17-5-3-4-14(12-17)20(21,22)23/h3-12H,2,13H2,1H3,(H,24,27). The lowest BCUT2D eigenvalue weighted by atomic mass is 10.2. The maximum Gasteiger partial charge on any atom is 0.416 e. The number of benzene rings is 2. The zero-order valence-corrected chi connectivity index (χ0v) is 15.4. The van der Waals surface area contributed by atoms with E-state index < -0.39 is 17.6 Å². The number of nitrogens with one attached hydrogen (secondary N) is 1. The maximum atomic E-state index is 12.7. The number of nitrogens with zero attached hydrogens (tertiary/aromatic N) is 2. The van der Waals surface area contributed by atoms with Crippen LogP contribution in [-0.2, 0) is 12.9 Å². The average Bonchev–Trinajstić information content (AvgIpc) is 3.17. The molecule has 0 aliphatic rings. The quantitative estimate of drug-likeness (QED) is 0.625.